The normalized spacial score (nSPS) is 17.4. The van der Waals surface area contributed by atoms with Crippen molar-refractivity contribution in [1.82, 2.24) is 14.8 Å². The first-order valence-electron chi connectivity index (χ1n) is 10.6. The number of fused-ring (bicyclic) bond motifs is 2. The first kappa shape index (κ1) is 18.9. The van der Waals surface area contributed by atoms with Crippen LogP contribution in [0.1, 0.15) is 57.6 Å². The lowest BCUT2D eigenvalue weighted by Crippen LogP contribution is -2.42. The number of amides is 1. The number of carbonyl (C=O) groups excluding carboxylic acids is 1. The summed E-state index contributed by atoms with van der Waals surface area (Å²) in [5.41, 5.74) is 1.94. The SMILES string of the molecule is CC(C)n1ncc2cc(NC(=O)C3(c4ccc5c(c4)OCO5)CCCCC3)cnc21. The quantitative estimate of drug-likeness (QED) is 0.686. The largest absolute Gasteiger partial charge is 0.454 e. The fourth-order valence-corrected chi connectivity index (χ4v) is 4.63. The molecule has 0 saturated heterocycles. The Morgan fingerprint density at radius 3 is 2.70 bits per heavy atom. The molecule has 2 aliphatic rings. The molecule has 5 rings (SSSR count). The number of hydrogen-bond donors (Lipinski definition) is 1. The van der Waals surface area contributed by atoms with Crippen LogP contribution in [0.25, 0.3) is 11.0 Å². The molecule has 0 bridgehead atoms. The van der Waals surface area contributed by atoms with Gasteiger partial charge in [0.05, 0.1) is 23.5 Å². The van der Waals surface area contributed by atoms with Crippen molar-refractivity contribution in [2.45, 2.75) is 57.4 Å². The van der Waals surface area contributed by atoms with Crippen LogP contribution < -0.4 is 14.8 Å². The third-order valence-electron chi connectivity index (χ3n) is 6.25. The van der Waals surface area contributed by atoms with E-state index in [0.717, 1.165) is 60.2 Å². The molecule has 3 aromatic rings. The van der Waals surface area contributed by atoms with Gasteiger partial charge in [-0.25, -0.2) is 9.67 Å². The van der Waals surface area contributed by atoms with Crippen molar-refractivity contribution in [2.24, 2.45) is 0 Å². The van der Waals surface area contributed by atoms with Gasteiger partial charge >= 0.3 is 0 Å². The number of hydrogen-bond acceptors (Lipinski definition) is 5. The van der Waals surface area contributed by atoms with Gasteiger partial charge < -0.3 is 14.8 Å². The van der Waals surface area contributed by atoms with Gasteiger partial charge in [0.15, 0.2) is 17.1 Å². The Morgan fingerprint density at radius 2 is 1.90 bits per heavy atom. The minimum Gasteiger partial charge on any atom is -0.454 e. The van der Waals surface area contributed by atoms with Crippen molar-refractivity contribution in [3.05, 3.63) is 42.2 Å². The van der Waals surface area contributed by atoms with Crippen LogP contribution in [0.15, 0.2) is 36.7 Å². The maximum absolute atomic E-state index is 13.6. The number of nitrogens with zero attached hydrogens (tertiary/aromatic N) is 3. The van der Waals surface area contributed by atoms with Crippen LogP contribution in [0.4, 0.5) is 5.69 Å². The predicted octanol–water partition coefficient (Wildman–Crippen LogP) is 4.58. The van der Waals surface area contributed by atoms with Gasteiger partial charge in [-0.15, -0.1) is 0 Å². The molecule has 0 unspecified atom stereocenters. The monoisotopic (exact) mass is 406 g/mol. The van der Waals surface area contributed by atoms with E-state index in [4.69, 9.17) is 9.47 Å². The number of benzene rings is 1. The van der Waals surface area contributed by atoms with E-state index >= 15 is 0 Å². The van der Waals surface area contributed by atoms with E-state index < -0.39 is 5.41 Å². The molecule has 7 heteroatoms. The summed E-state index contributed by atoms with van der Waals surface area (Å²) in [6, 6.07) is 8.07. The minimum absolute atomic E-state index is 0.0125. The number of nitrogens with one attached hydrogen (secondary N) is 1. The van der Waals surface area contributed by atoms with E-state index in [2.05, 4.69) is 29.2 Å². The Balaban J connectivity index is 1.47. The molecular formula is C23H26N4O3. The Morgan fingerprint density at radius 1 is 1.10 bits per heavy atom. The highest BCUT2D eigenvalue weighted by Crippen LogP contribution is 2.44. The summed E-state index contributed by atoms with van der Waals surface area (Å²) >= 11 is 0. The van der Waals surface area contributed by atoms with E-state index in [1.54, 1.807) is 12.4 Å². The summed E-state index contributed by atoms with van der Waals surface area (Å²) in [4.78, 5) is 18.2. The van der Waals surface area contributed by atoms with Crippen LogP contribution in [0.2, 0.25) is 0 Å². The number of anilines is 1. The number of carbonyl (C=O) groups is 1. The smallest absolute Gasteiger partial charge is 0.235 e. The fraction of sp³-hybridized carbons (Fsp3) is 0.435. The van der Waals surface area contributed by atoms with Gasteiger partial charge in [0.25, 0.3) is 0 Å². The molecule has 7 nitrogen and oxygen atoms in total. The first-order valence-corrected chi connectivity index (χ1v) is 10.6. The molecule has 1 aliphatic heterocycles. The predicted molar refractivity (Wildman–Crippen MR) is 114 cm³/mol. The van der Waals surface area contributed by atoms with Gasteiger partial charge in [-0.05, 0) is 50.5 Å². The zero-order valence-corrected chi connectivity index (χ0v) is 17.4. The average molecular weight is 406 g/mol. The lowest BCUT2D eigenvalue weighted by Gasteiger charge is -2.36. The Labute approximate surface area is 175 Å². The van der Waals surface area contributed by atoms with Gasteiger partial charge in [0.1, 0.15) is 0 Å². The van der Waals surface area contributed by atoms with Gasteiger partial charge in [0.2, 0.25) is 12.7 Å². The lowest BCUT2D eigenvalue weighted by atomic mass is 9.68. The van der Waals surface area contributed by atoms with Crippen molar-refractivity contribution in [3.63, 3.8) is 0 Å². The standard InChI is InChI=1S/C23H26N4O3/c1-15(2)27-21-16(12-25-27)10-18(13-24-21)26-22(28)23(8-4-3-5-9-23)17-6-7-19-20(11-17)30-14-29-19/h6-7,10-13,15H,3-5,8-9,14H2,1-2H3,(H,26,28). The van der Waals surface area contributed by atoms with Crippen molar-refractivity contribution >= 4 is 22.6 Å². The third-order valence-corrected chi connectivity index (χ3v) is 6.25. The molecule has 1 amide bonds. The molecule has 3 heterocycles. The molecule has 1 aliphatic carbocycles. The Hall–Kier alpha value is -3.09. The first-order chi connectivity index (χ1) is 14.6. The molecule has 156 valence electrons. The van der Waals surface area contributed by atoms with E-state index in [-0.39, 0.29) is 18.7 Å². The van der Waals surface area contributed by atoms with Gasteiger partial charge in [0, 0.05) is 11.4 Å². The number of ether oxygens (including phenoxy) is 2. The summed E-state index contributed by atoms with van der Waals surface area (Å²) in [5, 5.41) is 8.47. The highest BCUT2D eigenvalue weighted by atomic mass is 16.7. The van der Waals surface area contributed by atoms with Gasteiger partial charge in [-0.1, -0.05) is 25.3 Å². The van der Waals surface area contributed by atoms with E-state index in [0.29, 0.717) is 5.69 Å². The van der Waals surface area contributed by atoms with Crippen LogP contribution in [-0.4, -0.2) is 27.5 Å². The van der Waals surface area contributed by atoms with Gasteiger partial charge in [-0.3, -0.25) is 4.79 Å². The number of aromatic nitrogens is 3. The summed E-state index contributed by atoms with van der Waals surface area (Å²) in [6.07, 6.45) is 8.37. The van der Waals surface area contributed by atoms with Gasteiger partial charge in [-0.2, -0.15) is 5.10 Å². The van der Waals surface area contributed by atoms with Crippen molar-refractivity contribution in [1.29, 1.82) is 0 Å². The molecule has 1 N–H and O–H groups in total. The van der Waals surface area contributed by atoms with Crippen LogP contribution in [0.3, 0.4) is 0 Å². The summed E-state index contributed by atoms with van der Waals surface area (Å²) in [7, 11) is 0. The summed E-state index contributed by atoms with van der Waals surface area (Å²) in [6.45, 7) is 4.37. The fourth-order valence-electron chi connectivity index (χ4n) is 4.63. The second kappa shape index (κ2) is 7.31. The lowest BCUT2D eigenvalue weighted by molar-refractivity contribution is -0.122. The maximum atomic E-state index is 13.6. The molecule has 1 aromatic carbocycles. The molecular weight excluding hydrogens is 380 g/mol. The summed E-state index contributed by atoms with van der Waals surface area (Å²) < 4.78 is 12.9. The molecule has 1 fully saturated rings. The highest BCUT2D eigenvalue weighted by Gasteiger charge is 2.42. The second-order valence-corrected chi connectivity index (χ2v) is 8.48. The maximum Gasteiger partial charge on any atom is 0.235 e. The molecule has 0 spiro atoms. The number of pyridine rings is 1. The second-order valence-electron chi connectivity index (χ2n) is 8.48. The zero-order chi connectivity index (χ0) is 20.7. The van der Waals surface area contributed by atoms with Crippen LogP contribution >= 0.6 is 0 Å². The molecule has 30 heavy (non-hydrogen) atoms. The Kier molecular flexibility index (Phi) is 4.60. The van der Waals surface area contributed by atoms with E-state index in [9.17, 15) is 4.79 Å². The minimum atomic E-state index is -0.573. The van der Waals surface area contributed by atoms with Crippen LogP contribution in [-0.2, 0) is 10.2 Å². The van der Waals surface area contributed by atoms with Crippen molar-refractivity contribution in [2.75, 3.05) is 12.1 Å². The Bertz CT molecular complexity index is 1100. The van der Waals surface area contributed by atoms with Crippen LogP contribution in [0, 0.1) is 0 Å². The number of rotatable bonds is 4. The average Bonchev–Trinajstić information content (AvgIpc) is 3.40. The van der Waals surface area contributed by atoms with Crippen molar-refractivity contribution in [3.8, 4) is 11.5 Å². The molecule has 0 radical (unpaired) electrons. The third kappa shape index (κ3) is 3.09. The van der Waals surface area contributed by atoms with E-state index in [1.165, 1.54) is 0 Å². The highest BCUT2D eigenvalue weighted by molar-refractivity contribution is 6.00. The zero-order valence-electron chi connectivity index (χ0n) is 17.4. The summed E-state index contributed by atoms with van der Waals surface area (Å²) in [5.74, 6) is 1.47. The van der Waals surface area contributed by atoms with Crippen LogP contribution in [0.5, 0.6) is 11.5 Å². The molecule has 1 saturated carbocycles. The molecule has 0 atom stereocenters. The molecule has 2 aromatic heterocycles. The topological polar surface area (TPSA) is 78.3 Å². The van der Waals surface area contributed by atoms with E-state index in [1.807, 2.05) is 28.9 Å². The van der Waals surface area contributed by atoms with Crippen molar-refractivity contribution < 1.29 is 14.3 Å².